The molecular weight excluding hydrogens is 318 g/mol. The number of thioether (sulfide) groups is 1. The van der Waals surface area contributed by atoms with Crippen LogP contribution in [0.4, 0.5) is 0 Å². The van der Waals surface area contributed by atoms with Crippen LogP contribution in [-0.4, -0.2) is 23.6 Å². The van der Waals surface area contributed by atoms with E-state index in [1.54, 1.807) is 0 Å². The Kier molecular flexibility index (Phi) is 6.75. The maximum absolute atomic E-state index is 3.64. The average molecular weight is 342 g/mol. The molecule has 1 aromatic rings. The zero-order valence-electron chi connectivity index (χ0n) is 11.7. The van der Waals surface area contributed by atoms with Crippen molar-refractivity contribution in [1.29, 1.82) is 0 Å². The van der Waals surface area contributed by atoms with Crippen LogP contribution in [0.3, 0.4) is 0 Å². The average Bonchev–Trinajstić information content (AvgIpc) is 2.89. The molecule has 1 fully saturated rings. The minimum Gasteiger partial charge on any atom is -0.313 e. The summed E-state index contributed by atoms with van der Waals surface area (Å²) in [6.07, 6.45) is 6.87. The Bertz CT molecular complexity index is 377. The van der Waals surface area contributed by atoms with Crippen molar-refractivity contribution in [2.75, 3.05) is 12.3 Å². The number of likely N-dealkylation sites (N-methyl/N-ethyl adjacent to an activating group) is 1. The molecule has 1 unspecified atom stereocenters. The van der Waals surface area contributed by atoms with Crippen molar-refractivity contribution in [2.45, 2.75) is 50.3 Å². The molecule has 0 bridgehead atoms. The standard InChI is InChI=1S/C16H24BrNS/c1-2-18-15(12-19-16-8-3-4-9-16)11-13-6-5-7-14(17)10-13/h5-7,10,15-16,18H,2-4,8-9,11-12H2,1H3. The Morgan fingerprint density at radius 3 is 2.84 bits per heavy atom. The van der Waals surface area contributed by atoms with Crippen molar-refractivity contribution in [3.8, 4) is 0 Å². The predicted octanol–water partition coefficient (Wildman–Crippen LogP) is 4.65. The molecule has 19 heavy (non-hydrogen) atoms. The maximum Gasteiger partial charge on any atom is 0.0198 e. The van der Waals surface area contributed by atoms with Crippen LogP contribution in [0, 0.1) is 0 Å². The number of halogens is 1. The van der Waals surface area contributed by atoms with Crippen LogP contribution in [0.15, 0.2) is 28.7 Å². The third-order valence-corrected chi connectivity index (χ3v) is 5.73. The molecule has 0 saturated heterocycles. The molecule has 0 aromatic heterocycles. The monoisotopic (exact) mass is 341 g/mol. The summed E-state index contributed by atoms with van der Waals surface area (Å²) in [5.74, 6) is 1.24. The molecule has 2 rings (SSSR count). The van der Waals surface area contributed by atoms with Gasteiger partial charge in [0.05, 0.1) is 0 Å². The van der Waals surface area contributed by atoms with E-state index in [1.165, 1.54) is 41.5 Å². The summed E-state index contributed by atoms with van der Waals surface area (Å²) in [5, 5.41) is 4.56. The highest BCUT2D eigenvalue weighted by Gasteiger charge is 2.17. The number of benzene rings is 1. The van der Waals surface area contributed by atoms with Gasteiger partial charge in [-0.25, -0.2) is 0 Å². The van der Waals surface area contributed by atoms with Crippen molar-refractivity contribution in [1.82, 2.24) is 5.32 Å². The smallest absolute Gasteiger partial charge is 0.0198 e. The number of rotatable bonds is 7. The summed E-state index contributed by atoms with van der Waals surface area (Å²) in [5.41, 5.74) is 1.42. The minimum atomic E-state index is 0.602. The highest BCUT2D eigenvalue weighted by molar-refractivity contribution is 9.10. The number of nitrogens with one attached hydrogen (secondary N) is 1. The van der Waals surface area contributed by atoms with Gasteiger partial charge in [0, 0.05) is 21.5 Å². The first-order valence-corrected chi connectivity index (χ1v) is 9.21. The lowest BCUT2D eigenvalue weighted by Gasteiger charge is -2.20. The zero-order valence-corrected chi connectivity index (χ0v) is 14.1. The van der Waals surface area contributed by atoms with Gasteiger partial charge >= 0.3 is 0 Å². The van der Waals surface area contributed by atoms with Gasteiger partial charge < -0.3 is 5.32 Å². The van der Waals surface area contributed by atoms with Crippen molar-refractivity contribution >= 4 is 27.7 Å². The lowest BCUT2D eigenvalue weighted by Crippen LogP contribution is -2.33. The molecule has 0 amide bonds. The van der Waals surface area contributed by atoms with Gasteiger partial charge in [0.1, 0.15) is 0 Å². The molecule has 1 saturated carbocycles. The lowest BCUT2D eigenvalue weighted by atomic mass is 10.1. The highest BCUT2D eigenvalue weighted by Crippen LogP contribution is 2.30. The van der Waals surface area contributed by atoms with Gasteiger partial charge in [0.2, 0.25) is 0 Å². The van der Waals surface area contributed by atoms with E-state index in [0.29, 0.717) is 6.04 Å². The molecule has 0 aliphatic heterocycles. The number of hydrogen-bond acceptors (Lipinski definition) is 2. The molecule has 0 spiro atoms. The second kappa shape index (κ2) is 8.33. The topological polar surface area (TPSA) is 12.0 Å². The van der Waals surface area contributed by atoms with Crippen molar-refractivity contribution in [3.63, 3.8) is 0 Å². The molecule has 3 heteroatoms. The first-order valence-electron chi connectivity index (χ1n) is 7.37. The Morgan fingerprint density at radius 1 is 1.37 bits per heavy atom. The van der Waals surface area contributed by atoms with E-state index in [0.717, 1.165) is 18.2 Å². The van der Waals surface area contributed by atoms with Crippen LogP contribution in [0.25, 0.3) is 0 Å². The van der Waals surface area contributed by atoms with Crippen LogP contribution in [0.5, 0.6) is 0 Å². The molecule has 1 N–H and O–H groups in total. The first-order chi connectivity index (χ1) is 9.28. The van der Waals surface area contributed by atoms with Gasteiger partial charge in [-0.1, -0.05) is 47.8 Å². The third kappa shape index (κ3) is 5.49. The molecule has 0 heterocycles. The fraction of sp³-hybridized carbons (Fsp3) is 0.625. The van der Waals surface area contributed by atoms with E-state index >= 15 is 0 Å². The van der Waals surface area contributed by atoms with Crippen molar-refractivity contribution < 1.29 is 0 Å². The van der Waals surface area contributed by atoms with Crippen molar-refractivity contribution in [3.05, 3.63) is 34.3 Å². The Hall–Kier alpha value is 0.01000. The Labute approximate surface area is 130 Å². The van der Waals surface area contributed by atoms with Gasteiger partial charge in [-0.2, -0.15) is 11.8 Å². The van der Waals surface area contributed by atoms with E-state index in [4.69, 9.17) is 0 Å². The molecule has 1 aromatic carbocycles. The van der Waals surface area contributed by atoms with Crippen LogP contribution < -0.4 is 5.32 Å². The van der Waals surface area contributed by atoms with Gasteiger partial charge in [0.25, 0.3) is 0 Å². The Morgan fingerprint density at radius 2 is 2.16 bits per heavy atom. The number of hydrogen-bond donors (Lipinski definition) is 1. The van der Waals surface area contributed by atoms with E-state index in [9.17, 15) is 0 Å². The summed E-state index contributed by atoms with van der Waals surface area (Å²) in [4.78, 5) is 0. The van der Waals surface area contributed by atoms with E-state index in [-0.39, 0.29) is 0 Å². The summed E-state index contributed by atoms with van der Waals surface area (Å²) in [6, 6.07) is 9.30. The first kappa shape index (κ1) is 15.4. The fourth-order valence-corrected chi connectivity index (χ4v) is 4.59. The molecule has 0 radical (unpaired) electrons. The quantitative estimate of drug-likeness (QED) is 0.774. The molecule has 1 aliphatic rings. The molecule has 1 aliphatic carbocycles. The van der Waals surface area contributed by atoms with E-state index in [2.05, 4.69) is 64.2 Å². The van der Waals surface area contributed by atoms with Crippen LogP contribution in [0.2, 0.25) is 0 Å². The van der Waals surface area contributed by atoms with E-state index < -0.39 is 0 Å². The zero-order chi connectivity index (χ0) is 13.5. The minimum absolute atomic E-state index is 0.602. The molecule has 106 valence electrons. The Balaban J connectivity index is 1.84. The van der Waals surface area contributed by atoms with Crippen molar-refractivity contribution in [2.24, 2.45) is 0 Å². The summed E-state index contributed by atoms with van der Waals surface area (Å²) in [7, 11) is 0. The maximum atomic E-state index is 3.64. The molecular formula is C16H24BrNS. The predicted molar refractivity (Wildman–Crippen MR) is 90.0 cm³/mol. The van der Waals surface area contributed by atoms with Crippen LogP contribution >= 0.6 is 27.7 Å². The highest BCUT2D eigenvalue weighted by atomic mass is 79.9. The molecule has 1 nitrogen and oxygen atoms in total. The lowest BCUT2D eigenvalue weighted by molar-refractivity contribution is 0.571. The fourth-order valence-electron chi connectivity index (χ4n) is 2.73. The third-order valence-electron chi connectivity index (χ3n) is 3.70. The van der Waals surface area contributed by atoms with Gasteiger partial charge in [0.15, 0.2) is 0 Å². The van der Waals surface area contributed by atoms with Crippen LogP contribution in [-0.2, 0) is 6.42 Å². The second-order valence-corrected chi connectivity index (χ2v) is 7.58. The van der Waals surface area contributed by atoms with Gasteiger partial charge in [-0.3, -0.25) is 0 Å². The second-order valence-electron chi connectivity index (χ2n) is 5.33. The van der Waals surface area contributed by atoms with Gasteiger partial charge in [-0.15, -0.1) is 0 Å². The summed E-state index contributed by atoms with van der Waals surface area (Å²) < 4.78 is 1.18. The normalized spacial score (nSPS) is 17.8. The summed E-state index contributed by atoms with van der Waals surface area (Å²) >= 11 is 5.74. The largest absolute Gasteiger partial charge is 0.313 e. The van der Waals surface area contributed by atoms with Crippen LogP contribution in [0.1, 0.15) is 38.2 Å². The van der Waals surface area contributed by atoms with Gasteiger partial charge in [-0.05, 0) is 43.5 Å². The summed E-state index contributed by atoms with van der Waals surface area (Å²) in [6.45, 7) is 3.26. The SMILES string of the molecule is CCNC(CSC1CCCC1)Cc1cccc(Br)c1. The van der Waals surface area contributed by atoms with E-state index in [1.807, 2.05) is 0 Å². The molecule has 1 atom stereocenters.